The van der Waals surface area contributed by atoms with Gasteiger partial charge in [-0.1, -0.05) is 30.3 Å². The van der Waals surface area contributed by atoms with Gasteiger partial charge in [0.1, 0.15) is 17.8 Å². The minimum Gasteiger partial charge on any atom is -0.468 e. The third kappa shape index (κ3) is 2.16. The number of benzene rings is 1. The van der Waals surface area contributed by atoms with Crippen LogP contribution in [0.5, 0.6) is 0 Å². The Morgan fingerprint density at radius 3 is 2.71 bits per heavy atom. The van der Waals surface area contributed by atoms with Crippen molar-refractivity contribution in [2.75, 3.05) is 0 Å². The van der Waals surface area contributed by atoms with Crippen molar-refractivity contribution in [3.63, 3.8) is 0 Å². The van der Waals surface area contributed by atoms with Gasteiger partial charge in [-0.15, -0.1) is 0 Å². The van der Waals surface area contributed by atoms with Gasteiger partial charge < -0.3 is 8.83 Å². The third-order valence-corrected chi connectivity index (χ3v) is 2.61. The van der Waals surface area contributed by atoms with Crippen LogP contribution in [0.25, 0.3) is 11.3 Å². The molecule has 17 heavy (non-hydrogen) atoms. The van der Waals surface area contributed by atoms with Crippen LogP contribution in [0.2, 0.25) is 0 Å². The predicted molar refractivity (Wildman–Crippen MR) is 64.5 cm³/mol. The summed E-state index contributed by atoms with van der Waals surface area (Å²) in [5.41, 5.74) is 2.16. The van der Waals surface area contributed by atoms with Crippen molar-refractivity contribution in [3.05, 3.63) is 72.4 Å². The Labute approximate surface area is 99.5 Å². The highest BCUT2D eigenvalue weighted by atomic mass is 16.3. The van der Waals surface area contributed by atoms with Crippen LogP contribution >= 0.6 is 0 Å². The van der Waals surface area contributed by atoms with E-state index in [1.54, 1.807) is 18.6 Å². The topological polar surface area (TPSA) is 26.3 Å². The molecule has 1 radical (unpaired) electrons. The average molecular weight is 223 g/mol. The molecule has 0 amide bonds. The summed E-state index contributed by atoms with van der Waals surface area (Å²) in [4.78, 5) is 0. The van der Waals surface area contributed by atoms with Crippen molar-refractivity contribution in [1.82, 2.24) is 0 Å². The van der Waals surface area contributed by atoms with E-state index in [1.807, 2.05) is 24.3 Å². The molecule has 2 nitrogen and oxygen atoms in total. The minimum atomic E-state index is 0.716. The molecule has 0 atom stereocenters. The fourth-order valence-corrected chi connectivity index (χ4v) is 1.79. The summed E-state index contributed by atoms with van der Waals surface area (Å²) in [7, 11) is 0. The first-order chi connectivity index (χ1) is 8.42. The van der Waals surface area contributed by atoms with E-state index in [0.29, 0.717) is 5.76 Å². The molecule has 0 saturated heterocycles. The summed E-state index contributed by atoms with van der Waals surface area (Å²) in [6.07, 6.45) is 4.11. The van der Waals surface area contributed by atoms with Gasteiger partial charge in [0.15, 0.2) is 0 Å². The fraction of sp³-hybridized carbons (Fsp3) is 0.0667. The Hall–Kier alpha value is -2.22. The molecule has 2 heteroatoms. The zero-order valence-corrected chi connectivity index (χ0v) is 9.22. The molecule has 0 fully saturated rings. The van der Waals surface area contributed by atoms with E-state index >= 15 is 0 Å². The molecule has 0 spiro atoms. The normalized spacial score (nSPS) is 10.6. The highest BCUT2D eigenvalue weighted by Gasteiger charge is 2.07. The van der Waals surface area contributed by atoms with Crippen molar-refractivity contribution >= 4 is 0 Å². The number of furan rings is 2. The Bertz CT molecular complexity index is 576. The molecule has 3 rings (SSSR count). The number of rotatable bonds is 3. The predicted octanol–water partition coefficient (Wildman–Crippen LogP) is 3.93. The maximum absolute atomic E-state index is 5.51. The van der Waals surface area contributed by atoms with E-state index in [1.165, 1.54) is 5.56 Å². The van der Waals surface area contributed by atoms with Gasteiger partial charge in [0.05, 0.1) is 11.8 Å². The first-order valence-corrected chi connectivity index (χ1v) is 5.49. The molecular formula is C15H11O2. The minimum absolute atomic E-state index is 0.716. The third-order valence-electron chi connectivity index (χ3n) is 2.61. The maximum atomic E-state index is 5.51. The molecule has 0 aliphatic heterocycles. The molecule has 0 aliphatic carbocycles. The van der Waals surface area contributed by atoms with Gasteiger partial charge in [0.2, 0.25) is 0 Å². The standard InChI is InChI=1S/C15H11O2/c1-2-5-12(6-3-1)9-14-10-13(11-17-14)15-7-4-8-16-15/h1-6,8,10-11H,9H2. The Balaban J connectivity index is 1.82. The van der Waals surface area contributed by atoms with Crippen molar-refractivity contribution in [2.24, 2.45) is 0 Å². The van der Waals surface area contributed by atoms with Crippen LogP contribution < -0.4 is 0 Å². The zero-order chi connectivity index (χ0) is 11.5. The van der Waals surface area contributed by atoms with E-state index in [9.17, 15) is 0 Å². The average Bonchev–Trinajstić information content (AvgIpc) is 3.00. The molecule has 3 aromatic rings. The molecular weight excluding hydrogens is 212 g/mol. The monoisotopic (exact) mass is 223 g/mol. The van der Waals surface area contributed by atoms with E-state index in [4.69, 9.17) is 8.83 Å². The summed E-state index contributed by atoms with van der Waals surface area (Å²) in [6.45, 7) is 0. The molecule has 2 aromatic heterocycles. The molecule has 0 saturated carbocycles. The second-order valence-corrected chi connectivity index (χ2v) is 3.86. The van der Waals surface area contributed by atoms with Crippen LogP contribution in [-0.2, 0) is 6.42 Å². The summed E-state index contributed by atoms with van der Waals surface area (Å²) in [5, 5.41) is 0. The Kier molecular flexibility index (Phi) is 2.54. The summed E-state index contributed by atoms with van der Waals surface area (Å²) >= 11 is 0. The lowest BCUT2D eigenvalue weighted by atomic mass is 10.1. The van der Waals surface area contributed by atoms with E-state index in [2.05, 4.69) is 18.2 Å². The van der Waals surface area contributed by atoms with Crippen LogP contribution in [0.3, 0.4) is 0 Å². The maximum Gasteiger partial charge on any atom is 0.145 e. The summed E-state index contributed by atoms with van der Waals surface area (Å²) in [6, 6.07) is 17.0. The molecule has 0 bridgehead atoms. The van der Waals surface area contributed by atoms with Crippen LogP contribution in [0.4, 0.5) is 0 Å². The first-order valence-electron chi connectivity index (χ1n) is 5.49. The smallest absolute Gasteiger partial charge is 0.145 e. The molecule has 0 aliphatic rings. The zero-order valence-electron chi connectivity index (χ0n) is 9.22. The molecule has 0 unspecified atom stereocenters. The Morgan fingerprint density at radius 2 is 1.94 bits per heavy atom. The van der Waals surface area contributed by atoms with Gasteiger partial charge in [-0.3, -0.25) is 0 Å². The van der Waals surface area contributed by atoms with Gasteiger partial charge >= 0.3 is 0 Å². The summed E-state index contributed by atoms with van der Waals surface area (Å²) < 4.78 is 10.8. The number of hydrogen-bond acceptors (Lipinski definition) is 2. The van der Waals surface area contributed by atoms with Gasteiger partial charge in [0, 0.05) is 12.5 Å². The highest BCUT2D eigenvalue weighted by molar-refractivity contribution is 5.55. The van der Waals surface area contributed by atoms with Gasteiger partial charge in [-0.05, 0) is 17.7 Å². The quantitative estimate of drug-likeness (QED) is 0.672. The lowest BCUT2D eigenvalue weighted by Crippen LogP contribution is -1.83. The lowest BCUT2D eigenvalue weighted by molar-refractivity contribution is 0.519. The van der Waals surface area contributed by atoms with Crippen molar-refractivity contribution in [1.29, 1.82) is 0 Å². The van der Waals surface area contributed by atoms with Crippen LogP contribution in [0.15, 0.2) is 63.8 Å². The SMILES string of the molecule is [c]1ccoc1-c1coc(Cc2ccccc2)c1. The molecule has 2 heterocycles. The van der Waals surface area contributed by atoms with Crippen molar-refractivity contribution < 1.29 is 8.83 Å². The van der Waals surface area contributed by atoms with Crippen LogP contribution in [-0.4, -0.2) is 0 Å². The highest BCUT2D eigenvalue weighted by Crippen LogP contribution is 2.23. The fourth-order valence-electron chi connectivity index (χ4n) is 1.79. The molecule has 1 aromatic carbocycles. The lowest BCUT2D eigenvalue weighted by Gasteiger charge is -1.95. The van der Waals surface area contributed by atoms with Gasteiger partial charge in [0.25, 0.3) is 0 Å². The van der Waals surface area contributed by atoms with Crippen molar-refractivity contribution in [2.45, 2.75) is 6.42 Å². The Morgan fingerprint density at radius 1 is 1.06 bits per heavy atom. The number of hydrogen-bond donors (Lipinski definition) is 0. The second kappa shape index (κ2) is 4.34. The largest absolute Gasteiger partial charge is 0.468 e. The first kappa shape index (κ1) is 9.97. The van der Waals surface area contributed by atoms with Gasteiger partial charge in [-0.2, -0.15) is 0 Å². The molecule has 83 valence electrons. The molecule has 0 N–H and O–H groups in total. The summed E-state index contributed by atoms with van der Waals surface area (Å²) in [5.74, 6) is 1.64. The van der Waals surface area contributed by atoms with Crippen molar-refractivity contribution in [3.8, 4) is 11.3 Å². The van der Waals surface area contributed by atoms with Gasteiger partial charge in [-0.25, -0.2) is 0 Å². The van der Waals surface area contributed by atoms with Crippen LogP contribution in [0, 0.1) is 6.07 Å². The van der Waals surface area contributed by atoms with E-state index < -0.39 is 0 Å². The van der Waals surface area contributed by atoms with E-state index in [0.717, 1.165) is 17.7 Å². The second-order valence-electron chi connectivity index (χ2n) is 3.86. The van der Waals surface area contributed by atoms with Crippen LogP contribution in [0.1, 0.15) is 11.3 Å². The van der Waals surface area contributed by atoms with E-state index in [-0.39, 0.29) is 0 Å².